The predicted molar refractivity (Wildman–Crippen MR) is 72.1 cm³/mol. The van der Waals surface area contributed by atoms with Crippen LogP contribution in [-0.2, 0) is 16.2 Å². The van der Waals surface area contributed by atoms with Crippen LogP contribution in [0.5, 0.6) is 0 Å². The Kier molecular flexibility index (Phi) is 6.03. The number of benzene rings is 1. The second-order valence-electron chi connectivity index (χ2n) is 4.69. The molecule has 20 heavy (non-hydrogen) atoms. The van der Waals surface area contributed by atoms with Gasteiger partial charge in [-0.3, -0.25) is 0 Å². The van der Waals surface area contributed by atoms with E-state index < -0.39 is 32.2 Å². The summed E-state index contributed by atoms with van der Waals surface area (Å²) >= 11 is 0. The zero-order valence-electron chi connectivity index (χ0n) is 10.9. The number of nitrogens with one attached hydrogen (secondary N) is 1. The quantitative estimate of drug-likeness (QED) is 0.887. The third-order valence-electron chi connectivity index (χ3n) is 2.40. The number of sulfonamides is 1. The highest BCUT2D eigenvalue weighted by molar-refractivity contribution is 7.89. The number of alkyl halides is 3. The van der Waals surface area contributed by atoms with Crippen LogP contribution in [0.4, 0.5) is 13.2 Å². The van der Waals surface area contributed by atoms with Crippen LogP contribution in [0.1, 0.15) is 19.4 Å². The number of halogens is 4. The van der Waals surface area contributed by atoms with Crippen molar-refractivity contribution < 1.29 is 21.6 Å². The molecule has 0 saturated carbocycles. The molecule has 0 radical (unpaired) electrons. The fourth-order valence-corrected chi connectivity index (χ4v) is 3.05. The van der Waals surface area contributed by atoms with Crippen molar-refractivity contribution in [2.75, 3.05) is 6.54 Å². The molecule has 0 spiro atoms. The third kappa shape index (κ3) is 4.62. The lowest BCUT2D eigenvalue weighted by atomic mass is 10.1. The van der Waals surface area contributed by atoms with Gasteiger partial charge < -0.3 is 5.73 Å². The van der Waals surface area contributed by atoms with Crippen molar-refractivity contribution in [3.05, 3.63) is 29.8 Å². The minimum absolute atomic E-state index is 0. The van der Waals surface area contributed by atoms with E-state index in [9.17, 15) is 21.6 Å². The lowest BCUT2D eigenvalue weighted by Crippen LogP contribution is -2.49. The van der Waals surface area contributed by atoms with Crippen molar-refractivity contribution in [1.29, 1.82) is 0 Å². The maximum atomic E-state index is 12.8. The van der Waals surface area contributed by atoms with Crippen LogP contribution in [0.25, 0.3) is 0 Å². The van der Waals surface area contributed by atoms with E-state index in [1.165, 1.54) is 19.9 Å². The van der Waals surface area contributed by atoms with Gasteiger partial charge in [0.25, 0.3) is 0 Å². The molecule has 0 aliphatic heterocycles. The average Bonchev–Trinajstić information content (AvgIpc) is 2.27. The summed E-state index contributed by atoms with van der Waals surface area (Å²) in [4.78, 5) is -0.802. The van der Waals surface area contributed by atoms with E-state index in [4.69, 9.17) is 5.73 Å². The Labute approximate surface area is 122 Å². The monoisotopic (exact) mass is 332 g/mol. The lowest BCUT2D eigenvalue weighted by Gasteiger charge is -2.24. The Morgan fingerprint density at radius 2 is 1.70 bits per heavy atom. The van der Waals surface area contributed by atoms with Gasteiger partial charge in [0, 0.05) is 12.1 Å². The molecule has 1 aromatic rings. The molecular weight excluding hydrogens is 317 g/mol. The summed E-state index contributed by atoms with van der Waals surface area (Å²) in [5, 5.41) is 0. The number of nitrogens with two attached hydrogens (primary N) is 1. The van der Waals surface area contributed by atoms with Crippen LogP contribution in [0.15, 0.2) is 29.2 Å². The van der Waals surface area contributed by atoms with Gasteiger partial charge in [-0.2, -0.15) is 13.2 Å². The highest BCUT2D eigenvalue weighted by Crippen LogP contribution is 2.34. The zero-order chi connectivity index (χ0) is 14.9. The Bertz CT molecular complexity index is 559. The average molecular weight is 333 g/mol. The van der Waals surface area contributed by atoms with E-state index in [1.807, 2.05) is 0 Å². The van der Waals surface area contributed by atoms with Crippen molar-refractivity contribution in [2.45, 2.75) is 30.5 Å². The molecular formula is C11H16ClF3N2O2S. The standard InChI is InChI=1S/C11H15F3N2O2S.ClH/c1-10(2,7-15)16-19(17,18)9-6-4-3-5-8(9)11(12,13)14;/h3-6,16H,7,15H2,1-2H3;1H. The SMILES string of the molecule is CC(C)(CN)NS(=O)(=O)c1ccccc1C(F)(F)F.Cl. The van der Waals surface area contributed by atoms with Gasteiger partial charge in [-0.1, -0.05) is 12.1 Å². The third-order valence-corrected chi connectivity index (χ3v) is 4.16. The summed E-state index contributed by atoms with van der Waals surface area (Å²) in [6.45, 7) is 2.93. The van der Waals surface area contributed by atoms with Gasteiger partial charge in [-0.05, 0) is 26.0 Å². The minimum Gasteiger partial charge on any atom is -0.329 e. The molecule has 0 saturated heterocycles. The molecule has 0 aliphatic rings. The molecule has 0 bridgehead atoms. The summed E-state index contributed by atoms with van der Waals surface area (Å²) in [6, 6.07) is 4.01. The molecule has 1 rings (SSSR count). The molecule has 0 heterocycles. The van der Waals surface area contributed by atoms with Gasteiger partial charge >= 0.3 is 6.18 Å². The molecule has 0 unspecified atom stereocenters. The van der Waals surface area contributed by atoms with Crippen molar-refractivity contribution in [1.82, 2.24) is 4.72 Å². The van der Waals surface area contributed by atoms with Crippen LogP contribution in [0.3, 0.4) is 0 Å². The highest BCUT2D eigenvalue weighted by Gasteiger charge is 2.38. The van der Waals surface area contributed by atoms with Gasteiger partial charge in [0.2, 0.25) is 10.0 Å². The molecule has 0 amide bonds. The fraction of sp³-hybridized carbons (Fsp3) is 0.455. The van der Waals surface area contributed by atoms with E-state index in [0.717, 1.165) is 18.2 Å². The van der Waals surface area contributed by atoms with Crippen molar-refractivity contribution >= 4 is 22.4 Å². The molecule has 3 N–H and O–H groups in total. The smallest absolute Gasteiger partial charge is 0.329 e. The van der Waals surface area contributed by atoms with Crippen LogP contribution in [0.2, 0.25) is 0 Å². The first-order valence-electron chi connectivity index (χ1n) is 5.40. The number of hydrogen-bond acceptors (Lipinski definition) is 3. The molecule has 4 nitrogen and oxygen atoms in total. The molecule has 0 atom stereocenters. The van der Waals surface area contributed by atoms with Crippen molar-refractivity contribution in [2.24, 2.45) is 5.73 Å². The Morgan fingerprint density at radius 3 is 2.15 bits per heavy atom. The van der Waals surface area contributed by atoms with Gasteiger partial charge in [0.1, 0.15) is 0 Å². The number of hydrogen-bond donors (Lipinski definition) is 2. The van der Waals surface area contributed by atoms with E-state index >= 15 is 0 Å². The molecule has 0 fully saturated rings. The summed E-state index contributed by atoms with van der Waals surface area (Å²) < 4.78 is 64.5. The maximum absolute atomic E-state index is 12.8. The minimum atomic E-state index is -4.74. The van der Waals surface area contributed by atoms with Crippen molar-refractivity contribution in [3.63, 3.8) is 0 Å². The van der Waals surface area contributed by atoms with E-state index in [-0.39, 0.29) is 19.0 Å². The molecule has 0 aromatic heterocycles. The first-order valence-corrected chi connectivity index (χ1v) is 6.88. The topological polar surface area (TPSA) is 72.2 Å². The van der Waals surface area contributed by atoms with Gasteiger partial charge in [-0.25, -0.2) is 13.1 Å². The molecule has 0 aliphatic carbocycles. The summed E-state index contributed by atoms with van der Waals surface area (Å²) in [5.74, 6) is 0. The summed E-state index contributed by atoms with van der Waals surface area (Å²) in [6.07, 6.45) is -4.74. The van der Waals surface area contributed by atoms with Gasteiger partial charge in [-0.15, -0.1) is 12.4 Å². The highest BCUT2D eigenvalue weighted by atomic mass is 35.5. The molecule has 9 heteroatoms. The Hall–Kier alpha value is -0.830. The van der Waals surface area contributed by atoms with Crippen LogP contribution in [0, 0.1) is 0 Å². The first-order chi connectivity index (χ1) is 8.49. The van der Waals surface area contributed by atoms with E-state index in [0.29, 0.717) is 0 Å². The summed E-state index contributed by atoms with van der Waals surface area (Å²) in [7, 11) is -4.29. The van der Waals surface area contributed by atoms with Crippen LogP contribution in [-0.4, -0.2) is 20.5 Å². The Balaban J connectivity index is 0.00000361. The number of rotatable bonds is 4. The van der Waals surface area contributed by atoms with Crippen LogP contribution < -0.4 is 10.5 Å². The largest absolute Gasteiger partial charge is 0.417 e. The predicted octanol–water partition coefficient (Wildman–Crippen LogP) is 2.14. The normalized spacial score (nSPS) is 12.9. The molecule has 116 valence electrons. The molecule has 1 aromatic carbocycles. The zero-order valence-corrected chi connectivity index (χ0v) is 12.5. The summed E-state index contributed by atoms with van der Waals surface area (Å²) in [5.41, 5.74) is 3.14. The second kappa shape index (κ2) is 6.30. The fourth-order valence-electron chi connectivity index (χ4n) is 1.40. The second-order valence-corrected chi connectivity index (χ2v) is 6.34. The van der Waals surface area contributed by atoms with Crippen molar-refractivity contribution in [3.8, 4) is 0 Å². The Morgan fingerprint density at radius 1 is 1.20 bits per heavy atom. The lowest BCUT2D eigenvalue weighted by molar-refractivity contribution is -0.139. The van der Waals surface area contributed by atoms with E-state index in [1.54, 1.807) is 0 Å². The first kappa shape index (κ1) is 19.2. The van der Waals surface area contributed by atoms with E-state index in [2.05, 4.69) is 4.72 Å². The maximum Gasteiger partial charge on any atom is 0.417 e. The van der Waals surface area contributed by atoms with Gasteiger partial charge in [0.15, 0.2) is 0 Å². The van der Waals surface area contributed by atoms with Crippen LogP contribution >= 0.6 is 12.4 Å². The van der Waals surface area contributed by atoms with Gasteiger partial charge in [0.05, 0.1) is 10.5 Å².